The van der Waals surface area contributed by atoms with Crippen molar-refractivity contribution in [3.8, 4) is 0 Å². The summed E-state index contributed by atoms with van der Waals surface area (Å²) in [6.07, 6.45) is 1.58. The van der Waals surface area contributed by atoms with Crippen LogP contribution in [-0.4, -0.2) is 25.4 Å². The summed E-state index contributed by atoms with van der Waals surface area (Å²) < 4.78 is 2.28. The summed E-state index contributed by atoms with van der Waals surface area (Å²) in [5.41, 5.74) is 7.91. The van der Waals surface area contributed by atoms with Crippen LogP contribution in [0.1, 0.15) is 10.4 Å². The van der Waals surface area contributed by atoms with Crippen LogP contribution in [0.5, 0.6) is 0 Å². The standard InChI is InChI=1S/C11H7BrN4O2/c12-11-14-4-8-9(13)15-6-2-1-5(10(17)18)3-7(6)16(8)11/h1-4H,(H2,13,15)(H,17,18). The molecule has 2 aromatic heterocycles. The number of nitrogen functional groups attached to an aromatic ring is 1. The number of anilines is 1. The Morgan fingerprint density at radius 1 is 1.39 bits per heavy atom. The zero-order valence-electron chi connectivity index (χ0n) is 8.96. The normalized spacial score (nSPS) is 11.2. The minimum atomic E-state index is -0.988. The van der Waals surface area contributed by atoms with Crippen molar-refractivity contribution in [3.05, 3.63) is 34.7 Å². The van der Waals surface area contributed by atoms with E-state index >= 15 is 0 Å². The maximum absolute atomic E-state index is 11.0. The van der Waals surface area contributed by atoms with Crippen molar-refractivity contribution >= 4 is 44.3 Å². The van der Waals surface area contributed by atoms with E-state index in [4.69, 9.17) is 10.8 Å². The number of nitrogens with zero attached hydrogens (tertiary/aromatic N) is 3. The van der Waals surface area contributed by atoms with E-state index in [1.807, 2.05) is 0 Å². The van der Waals surface area contributed by atoms with E-state index in [-0.39, 0.29) is 5.56 Å². The molecule has 3 aromatic rings. The predicted octanol–water partition coefficient (Wildman–Crippen LogP) is 1.93. The predicted molar refractivity (Wildman–Crippen MR) is 69.6 cm³/mol. The Hall–Kier alpha value is -2.15. The molecule has 7 heteroatoms. The van der Waals surface area contributed by atoms with Gasteiger partial charge in [0.05, 0.1) is 22.8 Å². The van der Waals surface area contributed by atoms with E-state index in [2.05, 4.69) is 25.9 Å². The lowest BCUT2D eigenvalue weighted by atomic mass is 10.2. The highest BCUT2D eigenvalue weighted by Crippen LogP contribution is 2.24. The fraction of sp³-hybridized carbons (Fsp3) is 0. The SMILES string of the molecule is Nc1nc2ccc(C(=O)O)cc2n2c(Br)ncc12. The maximum atomic E-state index is 11.0. The summed E-state index contributed by atoms with van der Waals surface area (Å²) in [6, 6.07) is 4.67. The van der Waals surface area contributed by atoms with E-state index in [0.717, 1.165) is 0 Å². The Balaban J connectivity index is 2.53. The van der Waals surface area contributed by atoms with Gasteiger partial charge in [-0.25, -0.2) is 14.8 Å². The van der Waals surface area contributed by atoms with Crippen molar-refractivity contribution in [1.29, 1.82) is 0 Å². The maximum Gasteiger partial charge on any atom is 0.335 e. The molecule has 0 radical (unpaired) electrons. The van der Waals surface area contributed by atoms with Gasteiger partial charge in [-0.15, -0.1) is 0 Å². The van der Waals surface area contributed by atoms with Crippen molar-refractivity contribution in [2.24, 2.45) is 0 Å². The molecule has 0 aliphatic carbocycles. The molecule has 0 atom stereocenters. The molecule has 0 bridgehead atoms. The number of nitrogens with two attached hydrogens (primary N) is 1. The molecule has 3 N–H and O–H groups in total. The van der Waals surface area contributed by atoms with Gasteiger partial charge in [-0.1, -0.05) is 0 Å². The first kappa shape index (κ1) is 11.0. The van der Waals surface area contributed by atoms with Crippen LogP contribution in [0.3, 0.4) is 0 Å². The van der Waals surface area contributed by atoms with Crippen molar-refractivity contribution in [2.45, 2.75) is 0 Å². The molecule has 18 heavy (non-hydrogen) atoms. The highest BCUT2D eigenvalue weighted by atomic mass is 79.9. The molecule has 1 aromatic carbocycles. The summed E-state index contributed by atoms with van der Waals surface area (Å²) in [6.45, 7) is 0. The molecule has 6 nitrogen and oxygen atoms in total. The summed E-state index contributed by atoms with van der Waals surface area (Å²) in [5, 5.41) is 9.01. The molecule has 0 fully saturated rings. The zero-order valence-corrected chi connectivity index (χ0v) is 10.5. The number of imidazole rings is 1. The number of hydrogen-bond acceptors (Lipinski definition) is 4. The van der Waals surface area contributed by atoms with Gasteiger partial charge in [-0.2, -0.15) is 0 Å². The van der Waals surface area contributed by atoms with Gasteiger partial charge in [0.25, 0.3) is 0 Å². The van der Waals surface area contributed by atoms with Crippen LogP contribution in [0.15, 0.2) is 29.1 Å². The number of halogens is 1. The third kappa shape index (κ3) is 1.44. The van der Waals surface area contributed by atoms with Crippen molar-refractivity contribution < 1.29 is 9.90 Å². The van der Waals surface area contributed by atoms with Crippen LogP contribution in [0, 0.1) is 0 Å². The summed E-state index contributed by atoms with van der Waals surface area (Å²) in [4.78, 5) is 19.3. The van der Waals surface area contributed by atoms with E-state index < -0.39 is 5.97 Å². The second-order valence-electron chi connectivity index (χ2n) is 3.75. The van der Waals surface area contributed by atoms with Crippen molar-refractivity contribution in [1.82, 2.24) is 14.4 Å². The van der Waals surface area contributed by atoms with Crippen molar-refractivity contribution in [3.63, 3.8) is 0 Å². The number of aromatic carboxylic acids is 1. The molecule has 0 saturated carbocycles. The molecule has 2 heterocycles. The Morgan fingerprint density at radius 3 is 2.89 bits per heavy atom. The molecule has 0 amide bonds. The molecule has 3 rings (SSSR count). The molecule has 0 spiro atoms. The Labute approximate surface area is 109 Å². The first-order chi connectivity index (χ1) is 8.58. The Bertz CT molecular complexity index is 796. The smallest absolute Gasteiger partial charge is 0.335 e. The topological polar surface area (TPSA) is 93.5 Å². The monoisotopic (exact) mass is 306 g/mol. The average molecular weight is 307 g/mol. The number of carboxylic acids is 1. The van der Waals surface area contributed by atoms with E-state index in [1.54, 1.807) is 22.7 Å². The van der Waals surface area contributed by atoms with Gasteiger partial charge < -0.3 is 10.8 Å². The van der Waals surface area contributed by atoms with Crippen LogP contribution in [-0.2, 0) is 0 Å². The van der Waals surface area contributed by atoms with Gasteiger partial charge in [0.2, 0.25) is 0 Å². The average Bonchev–Trinajstić information content (AvgIpc) is 2.72. The summed E-state index contributed by atoms with van der Waals surface area (Å²) in [5.74, 6) is -0.637. The zero-order chi connectivity index (χ0) is 12.9. The highest BCUT2D eigenvalue weighted by molar-refractivity contribution is 9.10. The molecular weight excluding hydrogens is 300 g/mol. The number of aromatic nitrogens is 3. The number of carboxylic acid groups (broad SMARTS) is 1. The minimum Gasteiger partial charge on any atom is -0.478 e. The second kappa shape index (κ2) is 3.67. The first-order valence-electron chi connectivity index (χ1n) is 5.03. The van der Waals surface area contributed by atoms with E-state index in [9.17, 15) is 4.79 Å². The second-order valence-corrected chi connectivity index (χ2v) is 4.46. The third-order valence-corrected chi connectivity index (χ3v) is 3.24. The third-order valence-electron chi connectivity index (χ3n) is 2.69. The number of hydrogen-bond donors (Lipinski definition) is 2. The summed E-state index contributed by atoms with van der Waals surface area (Å²) >= 11 is 3.30. The minimum absolute atomic E-state index is 0.191. The number of fused-ring (bicyclic) bond motifs is 3. The number of carbonyl (C=O) groups is 1. The van der Waals surface area contributed by atoms with Crippen molar-refractivity contribution in [2.75, 3.05) is 5.73 Å². The van der Waals surface area contributed by atoms with Crippen LogP contribution >= 0.6 is 15.9 Å². The van der Waals surface area contributed by atoms with Gasteiger partial charge in [0.15, 0.2) is 4.73 Å². The lowest BCUT2D eigenvalue weighted by molar-refractivity contribution is 0.0697. The van der Waals surface area contributed by atoms with Gasteiger partial charge >= 0.3 is 5.97 Å². The summed E-state index contributed by atoms with van der Waals surface area (Å²) in [7, 11) is 0. The number of benzene rings is 1. The number of rotatable bonds is 1. The van der Waals surface area contributed by atoms with Gasteiger partial charge in [0, 0.05) is 0 Å². The Kier molecular flexibility index (Phi) is 2.24. The molecule has 0 aliphatic heterocycles. The van der Waals surface area contributed by atoms with Crippen LogP contribution < -0.4 is 5.73 Å². The highest BCUT2D eigenvalue weighted by Gasteiger charge is 2.12. The lowest BCUT2D eigenvalue weighted by Gasteiger charge is -2.06. The fourth-order valence-corrected chi connectivity index (χ4v) is 2.34. The van der Waals surface area contributed by atoms with Crippen LogP contribution in [0.4, 0.5) is 5.82 Å². The Morgan fingerprint density at radius 2 is 2.17 bits per heavy atom. The van der Waals surface area contributed by atoms with Gasteiger partial charge in [-0.3, -0.25) is 4.40 Å². The van der Waals surface area contributed by atoms with E-state index in [1.165, 1.54) is 6.07 Å². The molecule has 0 aliphatic rings. The van der Waals surface area contributed by atoms with E-state index in [0.29, 0.717) is 27.1 Å². The lowest BCUT2D eigenvalue weighted by Crippen LogP contribution is -2.01. The van der Waals surface area contributed by atoms with Crippen LogP contribution in [0.2, 0.25) is 0 Å². The first-order valence-corrected chi connectivity index (χ1v) is 5.82. The van der Waals surface area contributed by atoms with Gasteiger partial charge in [-0.05, 0) is 34.1 Å². The van der Waals surface area contributed by atoms with Crippen LogP contribution in [0.25, 0.3) is 16.6 Å². The quantitative estimate of drug-likeness (QED) is 0.716. The molecular formula is C11H7BrN4O2. The fourth-order valence-electron chi connectivity index (χ4n) is 1.86. The largest absolute Gasteiger partial charge is 0.478 e. The molecule has 0 unspecified atom stereocenters. The molecule has 0 saturated heterocycles. The molecule has 90 valence electrons. The van der Waals surface area contributed by atoms with Gasteiger partial charge in [0.1, 0.15) is 11.3 Å².